The smallest absolute Gasteiger partial charge is 0.335 e. The molecule has 1 unspecified atom stereocenters. The number of hydrogen-bond acceptors (Lipinski definition) is 3. The summed E-state index contributed by atoms with van der Waals surface area (Å²) in [6.07, 6.45) is -0.157. The van der Waals surface area contributed by atoms with E-state index >= 15 is 0 Å². The van der Waals surface area contributed by atoms with E-state index < -0.39 is 11.6 Å². The van der Waals surface area contributed by atoms with Crippen LogP contribution in [0.2, 0.25) is 0 Å². The first-order chi connectivity index (χ1) is 6.84. The molecule has 0 saturated heterocycles. The summed E-state index contributed by atoms with van der Waals surface area (Å²) in [5.74, 6) is -1.36. The Labute approximate surface area is 95.3 Å². The molecule has 4 nitrogen and oxygen atoms in total. The first-order valence-electron chi connectivity index (χ1n) is 4.27. The third-order valence-electron chi connectivity index (χ3n) is 2.08. The molecule has 1 atom stereocenters. The number of carboxylic acids is 1. The lowest BCUT2D eigenvalue weighted by Gasteiger charge is -2.19. The highest BCUT2D eigenvalue weighted by Gasteiger charge is 2.31. The molecule has 1 rings (SSSR count). The second-order valence-corrected chi connectivity index (χ2v) is 4.35. The number of aliphatic carboxylic acids is 1. The first-order valence-corrected chi connectivity index (χ1v) is 5.06. The Balaban J connectivity index is 3.04. The summed E-state index contributed by atoms with van der Waals surface area (Å²) < 4.78 is 0.573. The van der Waals surface area contributed by atoms with Gasteiger partial charge < -0.3 is 15.3 Å². The Kier molecular flexibility index (Phi) is 3.36. The van der Waals surface area contributed by atoms with Crippen LogP contribution < -0.4 is 0 Å². The molecule has 0 fully saturated rings. The number of benzene rings is 1. The minimum Gasteiger partial charge on any atom is -0.508 e. The van der Waals surface area contributed by atoms with Gasteiger partial charge in [0.2, 0.25) is 0 Å². The minimum absolute atomic E-state index is 0.0362. The zero-order chi connectivity index (χ0) is 11.6. The van der Waals surface area contributed by atoms with Gasteiger partial charge in [0.15, 0.2) is 5.60 Å². The largest absolute Gasteiger partial charge is 0.508 e. The van der Waals surface area contributed by atoms with Crippen LogP contribution >= 0.6 is 15.9 Å². The van der Waals surface area contributed by atoms with E-state index in [2.05, 4.69) is 15.9 Å². The highest BCUT2D eigenvalue weighted by atomic mass is 79.9. The fourth-order valence-corrected chi connectivity index (χ4v) is 1.64. The molecule has 0 spiro atoms. The van der Waals surface area contributed by atoms with Gasteiger partial charge in [0.25, 0.3) is 0 Å². The van der Waals surface area contributed by atoms with Crippen molar-refractivity contribution in [2.24, 2.45) is 0 Å². The third kappa shape index (κ3) is 2.70. The van der Waals surface area contributed by atoms with Gasteiger partial charge in [-0.05, 0) is 19.1 Å². The van der Waals surface area contributed by atoms with Gasteiger partial charge in [-0.25, -0.2) is 4.79 Å². The molecule has 0 bridgehead atoms. The zero-order valence-electron chi connectivity index (χ0n) is 8.07. The predicted molar refractivity (Wildman–Crippen MR) is 57.8 cm³/mol. The summed E-state index contributed by atoms with van der Waals surface area (Å²) in [6.45, 7) is 1.19. The Morgan fingerprint density at radius 2 is 2.13 bits per heavy atom. The highest BCUT2D eigenvalue weighted by molar-refractivity contribution is 9.10. The van der Waals surface area contributed by atoms with Crippen molar-refractivity contribution in [3.05, 3.63) is 28.2 Å². The van der Waals surface area contributed by atoms with Gasteiger partial charge in [-0.15, -0.1) is 0 Å². The molecule has 15 heavy (non-hydrogen) atoms. The van der Waals surface area contributed by atoms with E-state index in [0.717, 1.165) is 0 Å². The van der Waals surface area contributed by atoms with Crippen molar-refractivity contribution in [2.45, 2.75) is 18.9 Å². The molecule has 5 heteroatoms. The van der Waals surface area contributed by atoms with Crippen LogP contribution in [0.3, 0.4) is 0 Å². The molecule has 0 aromatic heterocycles. The SMILES string of the molecule is CC(O)(Cc1c(O)cccc1Br)C(=O)O. The second kappa shape index (κ2) is 4.20. The molecule has 0 aliphatic carbocycles. The molecule has 0 amide bonds. The van der Waals surface area contributed by atoms with Crippen molar-refractivity contribution >= 4 is 21.9 Å². The van der Waals surface area contributed by atoms with Crippen molar-refractivity contribution in [1.29, 1.82) is 0 Å². The summed E-state index contributed by atoms with van der Waals surface area (Å²) in [4.78, 5) is 10.7. The lowest BCUT2D eigenvalue weighted by atomic mass is 9.96. The predicted octanol–water partition coefficient (Wildman–Crippen LogP) is 1.53. The number of aliphatic hydroxyl groups is 1. The summed E-state index contributed by atoms with van der Waals surface area (Å²) in [5, 5.41) is 27.8. The van der Waals surface area contributed by atoms with Gasteiger partial charge in [0.05, 0.1) is 0 Å². The monoisotopic (exact) mass is 274 g/mol. The maximum Gasteiger partial charge on any atom is 0.335 e. The molecule has 1 aromatic carbocycles. The summed E-state index contributed by atoms with van der Waals surface area (Å²) in [7, 11) is 0. The molecular formula is C10H11BrO4. The molecule has 0 saturated carbocycles. The Hall–Kier alpha value is -1.07. The molecule has 1 aromatic rings. The lowest BCUT2D eigenvalue weighted by molar-refractivity contribution is -0.156. The molecular weight excluding hydrogens is 264 g/mol. The fourth-order valence-electron chi connectivity index (χ4n) is 1.14. The number of rotatable bonds is 3. The van der Waals surface area contributed by atoms with Gasteiger partial charge in [0.1, 0.15) is 5.75 Å². The van der Waals surface area contributed by atoms with Gasteiger partial charge >= 0.3 is 5.97 Å². The van der Waals surface area contributed by atoms with E-state index in [1.807, 2.05) is 0 Å². The first kappa shape index (κ1) is 12.0. The zero-order valence-corrected chi connectivity index (χ0v) is 9.65. The number of carbonyl (C=O) groups is 1. The number of aromatic hydroxyl groups is 1. The summed E-state index contributed by atoms with van der Waals surface area (Å²) >= 11 is 3.18. The molecule has 3 N–H and O–H groups in total. The number of hydrogen-bond donors (Lipinski definition) is 3. The molecule has 0 aliphatic heterocycles. The number of carboxylic acid groups (broad SMARTS) is 1. The normalized spacial score (nSPS) is 14.6. The summed E-state index contributed by atoms with van der Waals surface area (Å²) in [5.41, 5.74) is -1.51. The van der Waals surface area contributed by atoms with Crippen LogP contribution in [0.1, 0.15) is 12.5 Å². The van der Waals surface area contributed by atoms with E-state index in [1.54, 1.807) is 12.1 Å². The molecule has 0 radical (unpaired) electrons. The van der Waals surface area contributed by atoms with Crippen LogP contribution in [0.5, 0.6) is 5.75 Å². The number of halogens is 1. The van der Waals surface area contributed by atoms with E-state index in [0.29, 0.717) is 10.0 Å². The average molecular weight is 275 g/mol. The maximum absolute atomic E-state index is 10.7. The van der Waals surface area contributed by atoms with Crippen molar-refractivity contribution in [3.8, 4) is 5.75 Å². The van der Waals surface area contributed by atoms with Crippen molar-refractivity contribution in [3.63, 3.8) is 0 Å². The van der Waals surface area contributed by atoms with Gasteiger partial charge in [-0.3, -0.25) is 0 Å². The van der Waals surface area contributed by atoms with Crippen LogP contribution in [0.25, 0.3) is 0 Å². The highest BCUT2D eigenvalue weighted by Crippen LogP contribution is 2.29. The van der Waals surface area contributed by atoms with Gasteiger partial charge in [-0.1, -0.05) is 22.0 Å². The standard InChI is InChI=1S/C10H11BrO4/c1-10(15,9(13)14)5-6-7(11)3-2-4-8(6)12/h2-4,12,15H,5H2,1H3,(H,13,14). The van der Waals surface area contributed by atoms with E-state index in [9.17, 15) is 15.0 Å². The fraction of sp³-hybridized carbons (Fsp3) is 0.300. The summed E-state index contributed by atoms with van der Waals surface area (Å²) in [6, 6.07) is 4.74. The molecule has 0 aliphatic rings. The van der Waals surface area contributed by atoms with Crippen LogP contribution in [-0.4, -0.2) is 26.9 Å². The minimum atomic E-state index is -1.89. The van der Waals surface area contributed by atoms with Gasteiger partial charge in [0, 0.05) is 16.5 Å². The van der Waals surface area contributed by atoms with Gasteiger partial charge in [-0.2, -0.15) is 0 Å². The quantitative estimate of drug-likeness (QED) is 0.781. The number of phenolic OH excluding ortho intramolecular Hbond substituents is 1. The Bertz CT molecular complexity index is 367. The Morgan fingerprint density at radius 3 is 2.60 bits per heavy atom. The average Bonchev–Trinajstić information content (AvgIpc) is 2.11. The van der Waals surface area contributed by atoms with E-state index in [4.69, 9.17) is 5.11 Å². The molecule has 0 heterocycles. The van der Waals surface area contributed by atoms with Crippen LogP contribution in [0.15, 0.2) is 22.7 Å². The van der Waals surface area contributed by atoms with Crippen molar-refractivity contribution < 1.29 is 20.1 Å². The number of phenols is 1. The van der Waals surface area contributed by atoms with E-state index in [1.165, 1.54) is 13.0 Å². The molecule has 82 valence electrons. The second-order valence-electron chi connectivity index (χ2n) is 3.49. The topological polar surface area (TPSA) is 77.8 Å². The van der Waals surface area contributed by atoms with Crippen molar-refractivity contribution in [2.75, 3.05) is 0 Å². The maximum atomic E-state index is 10.7. The van der Waals surface area contributed by atoms with Crippen LogP contribution in [0, 0.1) is 0 Å². The van der Waals surface area contributed by atoms with Crippen molar-refractivity contribution in [1.82, 2.24) is 0 Å². The Morgan fingerprint density at radius 1 is 1.53 bits per heavy atom. The van der Waals surface area contributed by atoms with Crippen LogP contribution in [-0.2, 0) is 11.2 Å². The lowest BCUT2D eigenvalue weighted by Crippen LogP contribution is -2.37. The van der Waals surface area contributed by atoms with Crippen LogP contribution in [0.4, 0.5) is 0 Å². The third-order valence-corrected chi connectivity index (χ3v) is 2.82. The van der Waals surface area contributed by atoms with E-state index in [-0.39, 0.29) is 12.2 Å².